The van der Waals surface area contributed by atoms with Crippen LogP contribution in [0, 0.1) is 23.0 Å². The highest BCUT2D eigenvalue weighted by Gasteiger charge is 2.15. The van der Waals surface area contributed by atoms with Gasteiger partial charge in [-0.3, -0.25) is 0 Å². The smallest absolute Gasteiger partial charge is 0.146 e. The molecule has 0 aliphatic heterocycles. The second-order valence-corrected chi connectivity index (χ2v) is 5.72. The summed E-state index contributed by atoms with van der Waals surface area (Å²) < 4.78 is 28.1. The van der Waals surface area contributed by atoms with Gasteiger partial charge in [-0.05, 0) is 23.3 Å². The van der Waals surface area contributed by atoms with Crippen molar-refractivity contribution in [2.45, 2.75) is 13.1 Å². The largest absolute Gasteiger partial charge is 0.363 e. The van der Waals surface area contributed by atoms with E-state index in [0.29, 0.717) is 18.8 Å². The van der Waals surface area contributed by atoms with Crippen molar-refractivity contribution in [3.63, 3.8) is 0 Å². The summed E-state index contributed by atoms with van der Waals surface area (Å²) in [6.07, 6.45) is 0. The Labute approximate surface area is 145 Å². The SMILES string of the molecule is N#Cc1c(F)cc(N(Cc2ccccc2)Cc2ccccc2)cc1F. The van der Waals surface area contributed by atoms with Crippen LogP contribution in [0.5, 0.6) is 0 Å². The minimum atomic E-state index is -0.844. The third-order valence-corrected chi connectivity index (χ3v) is 3.94. The molecule has 0 unspecified atom stereocenters. The van der Waals surface area contributed by atoms with Crippen molar-refractivity contribution in [3.05, 3.63) is 101 Å². The van der Waals surface area contributed by atoms with E-state index >= 15 is 0 Å². The third kappa shape index (κ3) is 4.02. The van der Waals surface area contributed by atoms with E-state index in [4.69, 9.17) is 5.26 Å². The Balaban J connectivity index is 1.97. The lowest BCUT2D eigenvalue weighted by Gasteiger charge is -2.25. The van der Waals surface area contributed by atoms with E-state index in [-0.39, 0.29) is 0 Å². The second-order valence-electron chi connectivity index (χ2n) is 5.72. The highest BCUT2D eigenvalue weighted by molar-refractivity contribution is 5.52. The first-order valence-corrected chi connectivity index (χ1v) is 7.89. The standard InChI is InChI=1S/C21H16F2N2/c22-20-11-18(12-21(23)19(20)13-24)25(14-16-7-3-1-4-8-16)15-17-9-5-2-6-10-17/h1-12H,14-15H2. The van der Waals surface area contributed by atoms with E-state index in [1.165, 1.54) is 12.1 Å². The predicted octanol–water partition coefficient (Wildman–Crippen LogP) is 5.04. The molecule has 0 fully saturated rings. The summed E-state index contributed by atoms with van der Waals surface area (Å²) in [5.74, 6) is -1.69. The molecule has 3 rings (SSSR count). The fourth-order valence-corrected chi connectivity index (χ4v) is 2.70. The molecule has 0 aromatic heterocycles. The Hall–Kier alpha value is -3.19. The fourth-order valence-electron chi connectivity index (χ4n) is 2.70. The highest BCUT2D eigenvalue weighted by atomic mass is 19.1. The minimum Gasteiger partial charge on any atom is -0.363 e. The van der Waals surface area contributed by atoms with E-state index in [0.717, 1.165) is 11.1 Å². The molecule has 0 heterocycles. The Bertz CT molecular complexity index is 822. The molecule has 124 valence electrons. The van der Waals surface area contributed by atoms with E-state index in [1.54, 1.807) is 6.07 Å². The van der Waals surface area contributed by atoms with Crippen molar-refractivity contribution in [2.75, 3.05) is 4.90 Å². The topological polar surface area (TPSA) is 27.0 Å². The lowest BCUT2D eigenvalue weighted by atomic mass is 10.1. The van der Waals surface area contributed by atoms with Gasteiger partial charge < -0.3 is 4.90 Å². The molecule has 3 aromatic carbocycles. The van der Waals surface area contributed by atoms with Gasteiger partial charge in [0, 0.05) is 18.8 Å². The minimum absolute atomic E-state index is 0.404. The molecule has 3 aromatic rings. The van der Waals surface area contributed by atoms with Crippen LogP contribution in [0.2, 0.25) is 0 Å². The summed E-state index contributed by atoms with van der Waals surface area (Å²) in [6, 6.07) is 23.4. The zero-order valence-electron chi connectivity index (χ0n) is 13.5. The number of benzene rings is 3. The lowest BCUT2D eigenvalue weighted by Crippen LogP contribution is -2.22. The van der Waals surface area contributed by atoms with E-state index in [9.17, 15) is 8.78 Å². The van der Waals surface area contributed by atoms with Crippen molar-refractivity contribution < 1.29 is 8.78 Å². The molecular formula is C21H16F2N2. The summed E-state index contributed by atoms with van der Waals surface area (Å²) in [7, 11) is 0. The number of nitrogens with zero attached hydrogens (tertiary/aromatic N) is 2. The van der Waals surface area contributed by atoms with Crippen molar-refractivity contribution in [3.8, 4) is 6.07 Å². The molecule has 0 bridgehead atoms. The first-order chi connectivity index (χ1) is 12.2. The van der Waals surface area contributed by atoms with Crippen LogP contribution in [-0.2, 0) is 13.1 Å². The molecule has 0 saturated carbocycles. The van der Waals surface area contributed by atoms with Crippen LogP contribution in [0.25, 0.3) is 0 Å². The molecule has 0 radical (unpaired) electrons. The molecular weight excluding hydrogens is 318 g/mol. The van der Waals surface area contributed by atoms with Crippen LogP contribution in [0.15, 0.2) is 72.8 Å². The van der Waals surface area contributed by atoms with Gasteiger partial charge in [-0.1, -0.05) is 60.7 Å². The van der Waals surface area contributed by atoms with Crippen LogP contribution in [-0.4, -0.2) is 0 Å². The van der Waals surface area contributed by atoms with Crippen LogP contribution in [0.1, 0.15) is 16.7 Å². The predicted molar refractivity (Wildman–Crippen MR) is 93.8 cm³/mol. The quantitative estimate of drug-likeness (QED) is 0.653. The number of anilines is 1. The van der Waals surface area contributed by atoms with Gasteiger partial charge in [-0.25, -0.2) is 8.78 Å². The van der Waals surface area contributed by atoms with E-state index in [1.807, 2.05) is 65.6 Å². The first kappa shape index (κ1) is 16.7. The first-order valence-electron chi connectivity index (χ1n) is 7.89. The van der Waals surface area contributed by atoms with Gasteiger partial charge in [0.1, 0.15) is 23.3 Å². The van der Waals surface area contributed by atoms with Gasteiger partial charge in [0.05, 0.1) is 0 Å². The lowest BCUT2D eigenvalue weighted by molar-refractivity contribution is 0.575. The van der Waals surface area contributed by atoms with Crippen LogP contribution in [0.4, 0.5) is 14.5 Å². The summed E-state index contributed by atoms with van der Waals surface area (Å²) in [5, 5.41) is 8.86. The number of nitriles is 1. The van der Waals surface area contributed by atoms with Crippen molar-refractivity contribution in [1.82, 2.24) is 0 Å². The zero-order valence-corrected chi connectivity index (χ0v) is 13.5. The maximum Gasteiger partial charge on any atom is 0.146 e. The fraction of sp³-hybridized carbons (Fsp3) is 0.0952. The Morgan fingerprint density at radius 2 is 1.20 bits per heavy atom. The normalized spacial score (nSPS) is 10.3. The average Bonchev–Trinajstić information content (AvgIpc) is 2.63. The molecule has 0 aliphatic carbocycles. The summed E-state index contributed by atoms with van der Waals surface area (Å²) in [4.78, 5) is 1.89. The average molecular weight is 334 g/mol. The molecule has 0 N–H and O–H groups in total. The molecule has 0 saturated heterocycles. The number of halogens is 2. The van der Waals surface area contributed by atoms with Crippen LogP contribution >= 0.6 is 0 Å². The Kier molecular flexibility index (Phi) is 5.06. The third-order valence-electron chi connectivity index (χ3n) is 3.94. The Morgan fingerprint density at radius 3 is 1.60 bits per heavy atom. The molecule has 25 heavy (non-hydrogen) atoms. The number of hydrogen-bond acceptors (Lipinski definition) is 2. The van der Waals surface area contributed by atoms with Gasteiger partial charge in [0.2, 0.25) is 0 Å². The molecule has 0 amide bonds. The molecule has 2 nitrogen and oxygen atoms in total. The number of hydrogen-bond donors (Lipinski definition) is 0. The Morgan fingerprint density at radius 1 is 0.760 bits per heavy atom. The van der Waals surface area contributed by atoms with Crippen molar-refractivity contribution in [2.24, 2.45) is 0 Å². The van der Waals surface area contributed by atoms with Gasteiger partial charge in [0.25, 0.3) is 0 Å². The molecule has 0 atom stereocenters. The maximum atomic E-state index is 14.1. The summed E-state index contributed by atoms with van der Waals surface area (Å²) in [5.41, 5.74) is 1.91. The van der Waals surface area contributed by atoms with Gasteiger partial charge in [0.15, 0.2) is 0 Å². The molecule has 0 spiro atoms. The second kappa shape index (κ2) is 7.59. The van der Waals surface area contributed by atoms with Crippen LogP contribution < -0.4 is 4.90 Å². The highest BCUT2D eigenvalue weighted by Crippen LogP contribution is 2.25. The van der Waals surface area contributed by atoms with Crippen molar-refractivity contribution >= 4 is 5.69 Å². The van der Waals surface area contributed by atoms with Gasteiger partial charge >= 0.3 is 0 Å². The van der Waals surface area contributed by atoms with Crippen molar-refractivity contribution in [1.29, 1.82) is 5.26 Å². The molecule has 4 heteroatoms. The maximum absolute atomic E-state index is 14.1. The van der Waals surface area contributed by atoms with E-state index < -0.39 is 17.2 Å². The van der Waals surface area contributed by atoms with Gasteiger partial charge in [-0.2, -0.15) is 5.26 Å². The number of rotatable bonds is 5. The van der Waals surface area contributed by atoms with Gasteiger partial charge in [-0.15, -0.1) is 0 Å². The monoisotopic (exact) mass is 334 g/mol. The van der Waals surface area contributed by atoms with E-state index in [2.05, 4.69) is 0 Å². The zero-order chi connectivity index (χ0) is 17.6. The summed E-state index contributed by atoms with van der Waals surface area (Å²) in [6.45, 7) is 1.00. The molecule has 0 aliphatic rings. The summed E-state index contributed by atoms with van der Waals surface area (Å²) >= 11 is 0. The van der Waals surface area contributed by atoms with Crippen LogP contribution in [0.3, 0.4) is 0 Å².